The van der Waals surface area contributed by atoms with Crippen LogP contribution in [0.15, 0.2) is 71.5 Å². The summed E-state index contributed by atoms with van der Waals surface area (Å²) in [4.78, 5) is 38.6. The lowest BCUT2D eigenvalue weighted by Crippen LogP contribution is -2.28. The largest absolute Gasteiger partial charge is 0.451 e. The van der Waals surface area contributed by atoms with E-state index in [0.717, 1.165) is 16.7 Å². The summed E-state index contributed by atoms with van der Waals surface area (Å²) in [6.45, 7) is 3.31. The molecule has 1 heterocycles. The van der Waals surface area contributed by atoms with Crippen LogP contribution in [0.2, 0.25) is 5.02 Å². The molecule has 1 amide bonds. The van der Waals surface area contributed by atoms with Gasteiger partial charge in [-0.2, -0.15) is 0 Å². The minimum atomic E-state index is -0.766. The maximum Gasteiger partial charge on any atom is 0.356 e. The number of benzene rings is 3. The molecule has 0 spiro atoms. The van der Waals surface area contributed by atoms with Gasteiger partial charge in [-0.1, -0.05) is 65.7 Å². The molecule has 7 heteroatoms. The number of aromatic nitrogens is 1. The van der Waals surface area contributed by atoms with Crippen LogP contribution < -0.4 is 10.9 Å². The summed E-state index contributed by atoms with van der Waals surface area (Å²) in [5, 5.41) is 4.30. The van der Waals surface area contributed by atoms with Gasteiger partial charge in [-0.15, -0.1) is 0 Å². The first-order valence-electron chi connectivity index (χ1n) is 10.7. The highest BCUT2D eigenvalue weighted by Gasteiger charge is 2.23. The Labute approximate surface area is 201 Å². The van der Waals surface area contributed by atoms with Crippen molar-refractivity contribution in [2.75, 3.05) is 11.9 Å². The predicted molar refractivity (Wildman–Crippen MR) is 134 cm³/mol. The molecule has 3 aromatic carbocycles. The van der Waals surface area contributed by atoms with Crippen LogP contribution in [0.5, 0.6) is 0 Å². The van der Waals surface area contributed by atoms with E-state index in [4.69, 9.17) is 16.3 Å². The van der Waals surface area contributed by atoms with E-state index < -0.39 is 18.5 Å². The number of hydrogen-bond donors (Lipinski definition) is 1. The Balaban J connectivity index is 1.68. The molecule has 0 bridgehead atoms. The SMILES string of the molecule is Cc1ccc(-c2c(C(=O)OCC(=O)Nc3ccc(C)c(Cl)c3)n(C)c(=O)c3ccccc23)cc1. The third-order valence-corrected chi connectivity index (χ3v) is 6.03. The van der Waals surface area contributed by atoms with Crippen molar-refractivity contribution in [1.29, 1.82) is 0 Å². The fraction of sp³-hybridized carbons (Fsp3) is 0.148. The fourth-order valence-electron chi connectivity index (χ4n) is 3.78. The maximum absolute atomic E-state index is 13.2. The Morgan fingerprint density at radius 1 is 0.971 bits per heavy atom. The normalized spacial score (nSPS) is 10.8. The van der Waals surface area contributed by atoms with Crippen LogP contribution in [0.25, 0.3) is 21.9 Å². The maximum atomic E-state index is 13.2. The van der Waals surface area contributed by atoms with E-state index in [1.807, 2.05) is 44.2 Å². The number of carbonyl (C=O) groups is 2. The topological polar surface area (TPSA) is 77.4 Å². The Kier molecular flexibility index (Phi) is 6.52. The van der Waals surface area contributed by atoms with Gasteiger partial charge in [0.1, 0.15) is 5.69 Å². The lowest BCUT2D eigenvalue weighted by atomic mass is 9.96. The number of hydrogen-bond acceptors (Lipinski definition) is 4. The van der Waals surface area contributed by atoms with E-state index in [1.54, 1.807) is 36.4 Å². The van der Waals surface area contributed by atoms with Crippen molar-refractivity contribution >= 4 is 39.9 Å². The van der Waals surface area contributed by atoms with Gasteiger partial charge in [0, 0.05) is 28.7 Å². The molecular weight excluding hydrogens is 452 g/mol. The van der Waals surface area contributed by atoms with Gasteiger partial charge in [0.25, 0.3) is 11.5 Å². The smallest absolute Gasteiger partial charge is 0.356 e. The zero-order valence-corrected chi connectivity index (χ0v) is 19.8. The quantitative estimate of drug-likeness (QED) is 0.400. The zero-order valence-electron chi connectivity index (χ0n) is 19.0. The highest BCUT2D eigenvalue weighted by Crippen LogP contribution is 2.31. The van der Waals surface area contributed by atoms with E-state index in [9.17, 15) is 14.4 Å². The molecule has 0 aliphatic carbocycles. The van der Waals surface area contributed by atoms with Crippen LogP contribution in [-0.2, 0) is 16.6 Å². The molecule has 1 N–H and O–H groups in total. The molecule has 0 unspecified atom stereocenters. The number of halogens is 1. The lowest BCUT2D eigenvalue weighted by molar-refractivity contribution is -0.119. The molecule has 0 fully saturated rings. The third-order valence-electron chi connectivity index (χ3n) is 5.63. The van der Waals surface area contributed by atoms with Crippen molar-refractivity contribution in [3.05, 3.63) is 98.9 Å². The van der Waals surface area contributed by atoms with Crippen LogP contribution in [0, 0.1) is 13.8 Å². The molecule has 0 aliphatic heterocycles. The number of rotatable bonds is 5. The van der Waals surface area contributed by atoms with Gasteiger partial charge in [-0.25, -0.2) is 4.79 Å². The fourth-order valence-corrected chi connectivity index (χ4v) is 3.96. The molecule has 0 saturated carbocycles. The standard InChI is InChI=1S/C27H23ClN2O4/c1-16-8-11-18(12-9-16)24-20-6-4-5-7-21(20)26(32)30(3)25(24)27(33)34-15-23(31)29-19-13-10-17(2)22(28)14-19/h4-14H,15H2,1-3H3,(H,29,31). The minimum Gasteiger partial charge on any atom is -0.451 e. The number of aryl methyl sites for hydroxylation is 2. The summed E-state index contributed by atoms with van der Waals surface area (Å²) in [6, 6.07) is 19.9. The first-order chi connectivity index (χ1) is 16.3. The molecule has 1 aromatic heterocycles. The van der Waals surface area contributed by atoms with Gasteiger partial charge in [0.2, 0.25) is 0 Å². The Morgan fingerprint density at radius 2 is 1.65 bits per heavy atom. The molecule has 0 saturated heterocycles. The first-order valence-corrected chi connectivity index (χ1v) is 11.1. The van der Waals surface area contributed by atoms with Crippen molar-refractivity contribution in [2.45, 2.75) is 13.8 Å². The van der Waals surface area contributed by atoms with Crippen LogP contribution in [0.4, 0.5) is 5.69 Å². The number of amides is 1. The minimum absolute atomic E-state index is 0.0822. The predicted octanol–water partition coefficient (Wildman–Crippen LogP) is 5.27. The van der Waals surface area contributed by atoms with Gasteiger partial charge >= 0.3 is 5.97 Å². The summed E-state index contributed by atoms with van der Waals surface area (Å²) in [5.74, 6) is -1.28. The number of esters is 1. The van der Waals surface area contributed by atoms with E-state index >= 15 is 0 Å². The van der Waals surface area contributed by atoms with Crippen molar-refractivity contribution in [2.24, 2.45) is 7.05 Å². The van der Waals surface area contributed by atoms with Gasteiger partial charge in [-0.3, -0.25) is 9.59 Å². The summed E-state index contributed by atoms with van der Waals surface area (Å²) in [6.07, 6.45) is 0. The summed E-state index contributed by atoms with van der Waals surface area (Å²) in [5.41, 5.74) is 3.55. The van der Waals surface area contributed by atoms with Crippen molar-refractivity contribution in [3.8, 4) is 11.1 Å². The number of nitrogens with one attached hydrogen (secondary N) is 1. The third kappa shape index (κ3) is 4.58. The second kappa shape index (κ2) is 9.53. The van der Waals surface area contributed by atoms with Crippen LogP contribution in [0.1, 0.15) is 21.6 Å². The van der Waals surface area contributed by atoms with Gasteiger partial charge in [0.05, 0.1) is 0 Å². The Hall–Kier alpha value is -3.90. The zero-order chi connectivity index (χ0) is 24.4. The molecule has 4 rings (SSSR count). The van der Waals surface area contributed by atoms with E-state index in [-0.39, 0.29) is 11.3 Å². The number of nitrogens with zero attached hydrogens (tertiary/aromatic N) is 1. The second-order valence-electron chi connectivity index (χ2n) is 8.09. The van der Waals surface area contributed by atoms with Gasteiger partial charge in [-0.05, 0) is 48.6 Å². The first kappa shape index (κ1) is 23.3. The van der Waals surface area contributed by atoms with E-state index in [0.29, 0.717) is 27.0 Å². The van der Waals surface area contributed by atoms with Crippen LogP contribution in [-0.4, -0.2) is 23.1 Å². The number of pyridine rings is 1. The molecule has 0 aliphatic rings. The Bertz CT molecular complexity index is 1470. The summed E-state index contributed by atoms with van der Waals surface area (Å²) in [7, 11) is 1.53. The number of ether oxygens (including phenoxy) is 1. The molecule has 6 nitrogen and oxygen atoms in total. The lowest BCUT2D eigenvalue weighted by Gasteiger charge is -2.17. The highest BCUT2D eigenvalue weighted by atomic mass is 35.5. The molecule has 0 atom stereocenters. The van der Waals surface area contributed by atoms with E-state index in [2.05, 4.69) is 5.32 Å². The average Bonchev–Trinajstić information content (AvgIpc) is 2.83. The molecular formula is C27H23ClN2O4. The second-order valence-corrected chi connectivity index (χ2v) is 8.49. The van der Waals surface area contributed by atoms with Crippen LogP contribution >= 0.6 is 11.6 Å². The highest BCUT2D eigenvalue weighted by molar-refractivity contribution is 6.31. The number of carbonyl (C=O) groups excluding carboxylic acids is 2. The van der Waals surface area contributed by atoms with E-state index in [1.165, 1.54) is 11.6 Å². The van der Waals surface area contributed by atoms with Crippen molar-refractivity contribution in [1.82, 2.24) is 4.57 Å². The van der Waals surface area contributed by atoms with Crippen molar-refractivity contribution in [3.63, 3.8) is 0 Å². The molecule has 172 valence electrons. The van der Waals surface area contributed by atoms with Crippen LogP contribution in [0.3, 0.4) is 0 Å². The Morgan fingerprint density at radius 3 is 2.32 bits per heavy atom. The number of fused-ring (bicyclic) bond motifs is 1. The molecule has 4 aromatic rings. The van der Waals surface area contributed by atoms with Gasteiger partial charge < -0.3 is 14.6 Å². The molecule has 0 radical (unpaired) electrons. The van der Waals surface area contributed by atoms with Gasteiger partial charge in [0.15, 0.2) is 6.61 Å². The molecule has 34 heavy (non-hydrogen) atoms. The monoisotopic (exact) mass is 474 g/mol. The average molecular weight is 475 g/mol. The van der Waals surface area contributed by atoms with Crippen molar-refractivity contribution < 1.29 is 14.3 Å². The number of anilines is 1. The summed E-state index contributed by atoms with van der Waals surface area (Å²) >= 11 is 6.10. The summed E-state index contributed by atoms with van der Waals surface area (Å²) < 4.78 is 6.62.